The van der Waals surface area contributed by atoms with Crippen LogP contribution in [0.25, 0.3) is 0 Å². The molecule has 2 atom stereocenters. The normalized spacial score (nSPS) is 35.2. The van der Waals surface area contributed by atoms with Crippen LogP contribution in [0.2, 0.25) is 0 Å². The summed E-state index contributed by atoms with van der Waals surface area (Å²) in [5, 5.41) is 14.0. The SMILES string of the molecule is CN(CC1(O)CCCC1)C(=O)CC1CC2CCC(C1)N2. The number of carbonyl (C=O) groups excluding carboxylic acids is 1. The minimum atomic E-state index is -0.614. The molecule has 3 rings (SSSR count). The second-order valence-corrected chi connectivity index (χ2v) is 7.36. The highest BCUT2D eigenvalue weighted by molar-refractivity contribution is 5.76. The Morgan fingerprint density at radius 1 is 1.25 bits per heavy atom. The molecule has 2 heterocycles. The summed E-state index contributed by atoms with van der Waals surface area (Å²) < 4.78 is 0. The molecule has 0 aromatic carbocycles. The number of carbonyl (C=O) groups is 1. The van der Waals surface area contributed by atoms with Crippen molar-refractivity contribution in [3.05, 3.63) is 0 Å². The summed E-state index contributed by atoms with van der Waals surface area (Å²) in [4.78, 5) is 14.1. The topological polar surface area (TPSA) is 52.6 Å². The molecule has 0 aromatic rings. The summed E-state index contributed by atoms with van der Waals surface area (Å²) in [7, 11) is 1.86. The standard InChI is InChI=1S/C16H28N2O2/c1-18(11-16(20)6-2-3-7-16)15(19)10-12-8-13-4-5-14(9-12)17-13/h12-14,17,20H,2-11H2,1H3. The van der Waals surface area contributed by atoms with Crippen molar-refractivity contribution in [2.75, 3.05) is 13.6 Å². The molecule has 4 heteroatoms. The van der Waals surface area contributed by atoms with Gasteiger partial charge in [-0.2, -0.15) is 0 Å². The predicted molar refractivity (Wildman–Crippen MR) is 78.3 cm³/mol. The molecule has 2 aliphatic heterocycles. The van der Waals surface area contributed by atoms with Crippen molar-refractivity contribution in [1.29, 1.82) is 0 Å². The lowest BCUT2D eigenvalue weighted by atomic mass is 9.89. The fraction of sp³-hybridized carbons (Fsp3) is 0.938. The van der Waals surface area contributed by atoms with Crippen LogP contribution in [0.5, 0.6) is 0 Å². The van der Waals surface area contributed by atoms with Gasteiger partial charge in [-0.1, -0.05) is 12.8 Å². The van der Waals surface area contributed by atoms with E-state index in [1.807, 2.05) is 7.05 Å². The molecule has 3 aliphatic rings. The summed E-state index contributed by atoms with van der Waals surface area (Å²) >= 11 is 0. The third-order valence-corrected chi connectivity index (χ3v) is 5.53. The maximum atomic E-state index is 12.4. The summed E-state index contributed by atoms with van der Waals surface area (Å²) in [6.07, 6.45) is 9.43. The van der Waals surface area contributed by atoms with Crippen molar-refractivity contribution in [2.24, 2.45) is 5.92 Å². The molecular weight excluding hydrogens is 252 g/mol. The molecule has 4 nitrogen and oxygen atoms in total. The van der Waals surface area contributed by atoms with Crippen LogP contribution in [0.1, 0.15) is 57.8 Å². The quantitative estimate of drug-likeness (QED) is 0.823. The van der Waals surface area contributed by atoms with E-state index in [-0.39, 0.29) is 5.91 Å². The molecule has 114 valence electrons. The van der Waals surface area contributed by atoms with Crippen molar-refractivity contribution in [3.8, 4) is 0 Å². The van der Waals surface area contributed by atoms with Gasteiger partial charge in [0.05, 0.1) is 5.60 Å². The van der Waals surface area contributed by atoms with Gasteiger partial charge in [-0.15, -0.1) is 0 Å². The monoisotopic (exact) mass is 280 g/mol. The Morgan fingerprint density at radius 3 is 2.45 bits per heavy atom. The first-order chi connectivity index (χ1) is 9.54. The van der Waals surface area contributed by atoms with Crippen LogP contribution in [0, 0.1) is 5.92 Å². The van der Waals surface area contributed by atoms with E-state index in [0.717, 1.165) is 38.5 Å². The number of nitrogens with zero attached hydrogens (tertiary/aromatic N) is 1. The Kier molecular flexibility index (Phi) is 4.04. The molecule has 1 amide bonds. The van der Waals surface area contributed by atoms with Crippen molar-refractivity contribution in [1.82, 2.24) is 10.2 Å². The molecule has 2 N–H and O–H groups in total. The highest BCUT2D eigenvalue weighted by atomic mass is 16.3. The zero-order valence-electron chi connectivity index (χ0n) is 12.6. The van der Waals surface area contributed by atoms with Gasteiger partial charge in [0.15, 0.2) is 0 Å². The minimum Gasteiger partial charge on any atom is -0.388 e. The van der Waals surface area contributed by atoms with E-state index in [0.29, 0.717) is 31.0 Å². The van der Waals surface area contributed by atoms with Gasteiger partial charge in [-0.05, 0) is 44.4 Å². The Balaban J connectivity index is 1.48. The van der Waals surface area contributed by atoms with Gasteiger partial charge in [0.2, 0.25) is 5.91 Å². The first kappa shape index (κ1) is 14.3. The number of fused-ring (bicyclic) bond motifs is 2. The summed E-state index contributed by atoms with van der Waals surface area (Å²) in [6.45, 7) is 0.518. The van der Waals surface area contributed by atoms with Gasteiger partial charge in [-0.3, -0.25) is 4.79 Å². The van der Waals surface area contributed by atoms with Gasteiger partial charge >= 0.3 is 0 Å². The molecule has 3 fully saturated rings. The number of hydrogen-bond donors (Lipinski definition) is 2. The van der Waals surface area contributed by atoms with E-state index in [1.54, 1.807) is 4.90 Å². The zero-order chi connectivity index (χ0) is 14.2. The Bertz CT molecular complexity index is 353. The summed E-state index contributed by atoms with van der Waals surface area (Å²) in [5.41, 5.74) is -0.614. The lowest BCUT2D eigenvalue weighted by Gasteiger charge is -2.32. The average Bonchev–Trinajstić information content (AvgIpc) is 2.96. The molecule has 2 saturated heterocycles. The average molecular weight is 280 g/mol. The van der Waals surface area contributed by atoms with Crippen LogP contribution in [-0.2, 0) is 4.79 Å². The van der Waals surface area contributed by atoms with Crippen molar-refractivity contribution < 1.29 is 9.90 Å². The van der Waals surface area contributed by atoms with E-state index in [9.17, 15) is 9.90 Å². The van der Waals surface area contributed by atoms with Crippen LogP contribution >= 0.6 is 0 Å². The zero-order valence-corrected chi connectivity index (χ0v) is 12.6. The first-order valence-corrected chi connectivity index (χ1v) is 8.26. The molecule has 0 spiro atoms. The van der Waals surface area contributed by atoms with E-state index in [4.69, 9.17) is 0 Å². The Morgan fingerprint density at radius 2 is 1.85 bits per heavy atom. The molecule has 2 unspecified atom stereocenters. The molecule has 2 bridgehead atoms. The van der Waals surface area contributed by atoms with E-state index < -0.39 is 5.60 Å². The third-order valence-electron chi connectivity index (χ3n) is 5.53. The number of rotatable bonds is 4. The number of hydrogen-bond acceptors (Lipinski definition) is 3. The lowest BCUT2D eigenvalue weighted by molar-refractivity contribution is -0.134. The second-order valence-electron chi connectivity index (χ2n) is 7.36. The Labute approximate surface area is 121 Å². The van der Waals surface area contributed by atoms with Crippen LogP contribution in [0.4, 0.5) is 0 Å². The highest BCUT2D eigenvalue weighted by Crippen LogP contribution is 2.34. The highest BCUT2D eigenvalue weighted by Gasteiger charge is 2.36. The van der Waals surface area contributed by atoms with Gasteiger partial charge in [0.25, 0.3) is 0 Å². The maximum absolute atomic E-state index is 12.4. The lowest BCUT2D eigenvalue weighted by Crippen LogP contribution is -2.44. The number of amides is 1. The molecular formula is C16H28N2O2. The van der Waals surface area contributed by atoms with Crippen LogP contribution in [-0.4, -0.2) is 47.2 Å². The summed E-state index contributed by atoms with van der Waals surface area (Å²) in [5.74, 6) is 0.763. The minimum absolute atomic E-state index is 0.219. The summed E-state index contributed by atoms with van der Waals surface area (Å²) in [6, 6.07) is 1.30. The van der Waals surface area contributed by atoms with Crippen LogP contribution in [0.3, 0.4) is 0 Å². The predicted octanol–water partition coefficient (Wildman–Crippen LogP) is 1.67. The number of nitrogens with one attached hydrogen (secondary N) is 1. The van der Waals surface area contributed by atoms with Crippen molar-refractivity contribution in [3.63, 3.8) is 0 Å². The molecule has 0 radical (unpaired) electrons. The van der Waals surface area contributed by atoms with Gasteiger partial charge in [0, 0.05) is 32.1 Å². The van der Waals surface area contributed by atoms with Crippen molar-refractivity contribution >= 4 is 5.91 Å². The van der Waals surface area contributed by atoms with Crippen LogP contribution in [0.15, 0.2) is 0 Å². The number of likely N-dealkylation sites (N-methyl/N-ethyl adjacent to an activating group) is 1. The first-order valence-electron chi connectivity index (χ1n) is 8.26. The molecule has 1 aliphatic carbocycles. The van der Waals surface area contributed by atoms with E-state index in [2.05, 4.69) is 5.32 Å². The molecule has 0 aromatic heterocycles. The maximum Gasteiger partial charge on any atom is 0.222 e. The van der Waals surface area contributed by atoms with E-state index in [1.165, 1.54) is 12.8 Å². The fourth-order valence-electron chi connectivity index (χ4n) is 4.47. The smallest absolute Gasteiger partial charge is 0.222 e. The molecule has 20 heavy (non-hydrogen) atoms. The third kappa shape index (κ3) is 3.17. The molecule has 1 saturated carbocycles. The largest absolute Gasteiger partial charge is 0.388 e. The number of piperidine rings is 1. The van der Waals surface area contributed by atoms with Gasteiger partial charge < -0.3 is 15.3 Å². The fourth-order valence-corrected chi connectivity index (χ4v) is 4.47. The van der Waals surface area contributed by atoms with Crippen LogP contribution < -0.4 is 5.32 Å². The Hall–Kier alpha value is -0.610. The van der Waals surface area contributed by atoms with Crippen molar-refractivity contribution in [2.45, 2.75) is 75.5 Å². The second kappa shape index (κ2) is 5.64. The van der Waals surface area contributed by atoms with Gasteiger partial charge in [-0.25, -0.2) is 0 Å². The number of aliphatic hydroxyl groups is 1. The van der Waals surface area contributed by atoms with Gasteiger partial charge in [0.1, 0.15) is 0 Å². The van der Waals surface area contributed by atoms with E-state index >= 15 is 0 Å².